The second-order valence-electron chi connectivity index (χ2n) is 6.51. The van der Waals surface area contributed by atoms with Crippen LogP contribution in [-0.2, 0) is 6.54 Å². The first-order valence-corrected chi connectivity index (χ1v) is 9.40. The molecule has 3 aromatic rings. The Morgan fingerprint density at radius 3 is 2.88 bits per heavy atom. The second kappa shape index (κ2) is 6.49. The number of piperidine rings is 1. The zero-order valence-electron chi connectivity index (χ0n) is 13.8. The quantitative estimate of drug-likeness (QED) is 0.728. The van der Waals surface area contributed by atoms with Gasteiger partial charge in [-0.25, -0.2) is 4.98 Å². The summed E-state index contributed by atoms with van der Waals surface area (Å²) < 4.78 is 1.73. The van der Waals surface area contributed by atoms with E-state index in [1.807, 2.05) is 35.7 Å². The van der Waals surface area contributed by atoms with Crippen LogP contribution in [0.15, 0.2) is 46.6 Å². The third-order valence-electron chi connectivity index (χ3n) is 4.83. The first kappa shape index (κ1) is 15.5. The van der Waals surface area contributed by atoms with Gasteiger partial charge in [0, 0.05) is 24.0 Å². The standard InChI is InChI=1S/C19H21N3OS/c1-14-7-5-6-10-21(14)12-16-11-18(23)22-17(13-24-19(22)20-16)15-8-3-2-4-9-15/h2-4,8-9,11,13-14H,5-7,10,12H2,1H3. The van der Waals surface area contributed by atoms with Crippen molar-refractivity contribution in [3.05, 3.63) is 57.8 Å². The smallest absolute Gasteiger partial charge is 0.259 e. The molecule has 2 aromatic heterocycles. The van der Waals surface area contributed by atoms with Crippen LogP contribution in [0.4, 0.5) is 0 Å². The highest BCUT2D eigenvalue weighted by atomic mass is 32.1. The minimum Gasteiger partial charge on any atom is -0.295 e. The van der Waals surface area contributed by atoms with Crippen molar-refractivity contribution in [2.24, 2.45) is 0 Å². The number of benzene rings is 1. The molecule has 0 spiro atoms. The average Bonchev–Trinajstić information content (AvgIpc) is 3.02. The molecule has 0 aliphatic carbocycles. The number of fused-ring (bicyclic) bond motifs is 1. The van der Waals surface area contributed by atoms with E-state index >= 15 is 0 Å². The van der Waals surface area contributed by atoms with E-state index in [0.29, 0.717) is 6.04 Å². The lowest BCUT2D eigenvalue weighted by molar-refractivity contribution is 0.151. The molecule has 3 heterocycles. The molecule has 1 aliphatic heterocycles. The van der Waals surface area contributed by atoms with Crippen LogP contribution in [0.2, 0.25) is 0 Å². The van der Waals surface area contributed by atoms with Gasteiger partial charge in [0.2, 0.25) is 0 Å². The first-order chi connectivity index (χ1) is 11.7. The van der Waals surface area contributed by atoms with Crippen LogP contribution in [0.25, 0.3) is 16.2 Å². The summed E-state index contributed by atoms with van der Waals surface area (Å²) in [5, 5.41) is 2.02. The molecule has 1 aromatic carbocycles. The predicted octanol–water partition coefficient (Wildman–Crippen LogP) is 3.80. The van der Waals surface area contributed by atoms with Gasteiger partial charge in [0.25, 0.3) is 5.56 Å². The predicted molar refractivity (Wildman–Crippen MR) is 98.5 cm³/mol. The molecule has 1 atom stereocenters. The molecule has 4 rings (SSSR count). The maximum absolute atomic E-state index is 12.7. The number of hydrogen-bond donors (Lipinski definition) is 0. The van der Waals surface area contributed by atoms with Crippen LogP contribution in [0.5, 0.6) is 0 Å². The largest absolute Gasteiger partial charge is 0.295 e. The molecule has 124 valence electrons. The Morgan fingerprint density at radius 1 is 1.25 bits per heavy atom. The number of likely N-dealkylation sites (tertiary alicyclic amines) is 1. The topological polar surface area (TPSA) is 37.6 Å². The fourth-order valence-corrected chi connectivity index (χ4v) is 4.38. The summed E-state index contributed by atoms with van der Waals surface area (Å²) in [6.07, 6.45) is 3.78. The lowest BCUT2D eigenvalue weighted by Crippen LogP contribution is -2.37. The molecular weight excluding hydrogens is 318 g/mol. The maximum Gasteiger partial charge on any atom is 0.259 e. The van der Waals surface area contributed by atoms with Crippen molar-refractivity contribution < 1.29 is 0 Å². The van der Waals surface area contributed by atoms with Gasteiger partial charge in [0.1, 0.15) is 0 Å². The fraction of sp³-hybridized carbons (Fsp3) is 0.368. The van der Waals surface area contributed by atoms with E-state index in [1.165, 1.54) is 30.6 Å². The van der Waals surface area contributed by atoms with Crippen molar-refractivity contribution in [1.29, 1.82) is 0 Å². The van der Waals surface area contributed by atoms with E-state index < -0.39 is 0 Å². The van der Waals surface area contributed by atoms with Crippen LogP contribution in [0, 0.1) is 0 Å². The van der Waals surface area contributed by atoms with Gasteiger partial charge in [0.05, 0.1) is 11.4 Å². The van der Waals surface area contributed by atoms with Crippen LogP contribution < -0.4 is 5.56 Å². The Morgan fingerprint density at radius 2 is 2.08 bits per heavy atom. The zero-order chi connectivity index (χ0) is 16.5. The van der Waals surface area contributed by atoms with Gasteiger partial charge in [-0.3, -0.25) is 14.1 Å². The zero-order valence-corrected chi connectivity index (χ0v) is 14.6. The molecule has 0 saturated carbocycles. The summed E-state index contributed by atoms with van der Waals surface area (Å²) in [7, 11) is 0. The van der Waals surface area contributed by atoms with Gasteiger partial charge in [-0.05, 0) is 31.9 Å². The molecule has 5 heteroatoms. The lowest BCUT2D eigenvalue weighted by atomic mass is 10.0. The Bertz CT molecular complexity index is 900. The highest BCUT2D eigenvalue weighted by Crippen LogP contribution is 2.24. The third-order valence-corrected chi connectivity index (χ3v) is 5.66. The summed E-state index contributed by atoms with van der Waals surface area (Å²) in [5.74, 6) is 0. The second-order valence-corrected chi connectivity index (χ2v) is 7.34. The monoisotopic (exact) mass is 339 g/mol. The van der Waals surface area contributed by atoms with E-state index in [-0.39, 0.29) is 5.56 Å². The minimum atomic E-state index is 0.0137. The number of rotatable bonds is 3. The minimum absolute atomic E-state index is 0.0137. The summed E-state index contributed by atoms with van der Waals surface area (Å²) in [6.45, 7) is 4.14. The Hall–Kier alpha value is -1.98. The number of thiazole rings is 1. The van der Waals surface area contributed by atoms with Crippen LogP contribution >= 0.6 is 11.3 Å². The maximum atomic E-state index is 12.7. The molecule has 0 N–H and O–H groups in total. The van der Waals surface area contributed by atoms with Gasteiger partial charge in [-0.2, -0.15) is 0 Å². The van der Waals surface area contributed by atoms with Crippen LogP contribution in [0.1, 0.15) is 31.9 Å². The summed E-state index contributed by atoms with van der Waals surface area (Å²) in [6, 6.07) is 12.3. The SMILES string of the molecule is CC1CCCCN1Cc1cc(=O)n2c(-c3ccccc3)csc2n1. The van der Waals surface area contributed by atoms with Crippen molar-refractivity contribution in [2.45, 2.75) is 38.8 Å². The van der Waals surface area contributed by atoms with E-state index in [1.54, 1.807) is 10.5 Å². The summed E-state index contributed by atoms with van der Waals surface area (Å²) in [4.78, 5) is 20.7. The highest BCUT2D eigenvalue weighted by molar-refractivity contribution is 7.15. The Labute approximate surface area is 145 Å². The lowest BCUT2D eigenvalue weighted by Gasteiger charge is -2.32. The molecule has 0 amide bonds. The third kappa shape index (κ3) is 2.89. The summed E-state index contributed by atoms with van der Waals surface area (Å²) in [5.41, 5.74) is 2.87. The molecular formula is C19H21N3OS. The molecule has 4 nitrogen and oxygen atoms in total. The van der Waals surface area contributed by atoms with Crippen LogP contribution in [-0.4, -0.2) is 26.9 Å². The van der Waals surface area contributed by atoms with Crippen LogP contribution in [0.3, 0.4) is 0 Å². The van der Waals surface area contributed by atoms with Crippen molar-refractivity contribution in [2.75, 3.05) is 6.54 Å². The molecule has 24 heavy (non-hydrogen) atoms. The first-order valence-electron chi connectivity index (χ1n) is 8.52. The van der Waals surface area contributed by atoms with Gasteiger partial charge in [-0.15, -0.1) is 11.3 Å². The normalized spacial score (nSPS) is 19.0. The molecule has 0 radical (unpaired) electrons. The molecule has 1 fully saturated rings. The summed E-state index contributed by atoms with van der Waals surface area (Å²) >= 11 is 1.53. The fourth-order valence-electron chi connectivity index (χ4n) is 3.46. The Kier molecular flexibility index (Phi) is 4.21. The molecule has 1 aliphatic rings. The van der Waals surface area contributed by atoms with Crippen molar-refractivity contribution in [3.8, 4) is 11.3 Å². The highest BCUT2D eigenvalue weighted by Gasteiger charge is 2.19. The van der Waals surface area contributed by atoms with Crippen molar-refractivity contribution in [3.63, 3.8) is 0 Å². The van der Waals surface area contributed by atoms with E-state index in [9.17, 15) is 4.79 Å². The Balaban J connectivity index is 1.70. The van der Waals surface area contributed by atoms with Gasteiger partial charge < -0.3 is 0 Å². The van der Waals surface area contributed by atoms with E-state index in [0.717, 1.165) is 35.0 Å². The van der Waals surface area contributed by atoms with Gasteiger partial charge in [0.15, 0.2) is 4.96 Å². The van der Waals surface area contributed by atoms with E-state index in [2.05, 4.69) is 11.8 Å². The van der Waals surface area contributed by atoms with Crippen molar-refractivity contribution >= 4 is 16.3 Å². The number of nitrogens with zero attached hydrogens (tertiary/aromatic N) is 3. The van der Waals surface area contributed by atoms with E-state index in [4.69, 9.17) is 4.98 Å². The average molecular weight is 339 g/mol. The van der Waals surface area contributed by atoms with Gasteiger partial charge in [-0.1, -0.05) is 36.8 Å². The number of hydrogen-bond acceptors (Lipinski definition) is 4. The van der Waals surface area contributed by atoms with Crippen molar-refractivity contribution in [1.82, 2.24) is 14.3 Å². The molecule has 1 unspecified atom stereocenters. The molecule has 0 bridgehead atoms. The molecule has 1 saturated heterocycles. The number of aromatic nitrogens is 2. The van der Waals surface area contributed by atoms with Gasteiger partial charge >= 0.3 is 0 Å².